The van der Waals surface area contributed by atoms with Gasteiger partial charge in [-0.25, -0.2) is 8.42 Å². The monoisotopic (exact) mass is 487 g/mol. The lowest BCUT2D eigenvalue weighted by Gasteiger charge is -2.12. The Balaban J connectivity index is 2.07. The first-order chi connectivity index (χ1) is 14.9. The zero-order valence-electron chi connectivity index (χ0n) is 17.5. The molecule has 2 aromatic carbocycles. The summed E-state index contributed by atoms with van der Waals surface area (Å²) in [6.07, 6.45) is -4.69. The van der Waals surface area contributed by atoms with Crippen molar-refractivity contribution in [3.8, 4) is 28.1 Å². The molecule has 0 aliphatic heterocycles. The van der Waals surface area contributed by atoms with E-state index in [9.17, 15) is 21.6 Å². The zero-order valence-corrected chi connectivity index (χ0v) is 19.1. The van der Waals surface area contributed by atoms with Crippen molar-refractivity contribution in [3.63, 3.8) is 0 Å². The maximum Gasteiger partial charge on any atom is 0.433 e. The lowest BCUT2D eigenvalue weighted by molar-refractivity contribution is -0.140. The fourth-order valence-corrected chi connectivity index (χ4v) is 4.75. The Hall–Kier alpha value is -2.56. The number of nitrogens with one attached hydrogen (secondary N) is 1. The van der Waals surface area contributed by atoms with Gasteiger partial charge < -0.3 is 9.64 Å². The predicted molar refractivity (Wildman–Crippen MR) is 117 cm³/mol. The van der Waals surface area contributed by atoms with Crippen molar-refractivity contribution in [1.29, 1.82) is 0 Å². The molecule has 6 nitrogen and oxygen atoms in total. The Labute approximate surface area is 188 Å². The number of halogens is 4. The molecule has 1 N–H and O–H groups in total. The SMILES string of the molecule is COc1ccc(-c2c(-c3ccc(S(=O)(=O)CCN(C)C)cc3)n[nH]c2C(F)(F)F)cc1Cl. The standard InChI is InChI=1S/C21H21ClF3N3O3S/c1-28(2)10-11-32(29,30)15-7-4-13(5-8-15)19-18(20(27-26-19)21(23,24)25)14-6-9-17(31-3)16(22)12-14/h4-9,12H,10-11H2,1-3H3,(H,26,27). The van der Waals surface area contributed by atoms with Crippen LogP contribution in [0.2, 0.25) is 5.02 Å². The number of aromatic nitrogens is 2. The molecular weight excluding hydrogens is 467 g/mol. The Morgan fingerprint density at radius 3 is 2.25 bits per heavy atom. The largest absolute Gasteiger partial charge is 0.495 e. The Kier molecular flexibility index (Phi) is 6.87. The molecule has 0 radical (unpaired) electrons. The van der Waals surface area contributed by atoms with Crippen LogP contribution in [0.4, 0.5) is 13.2 Å². The van der Waals surface area contributed by atoms with Gasteiger partial charge in [-0.3, -0.25) is 5.10 Å². The first-order valence-electron chi connectivity index (χ1n) is 9.41. The molecule has 32 heavy (non-hydrogen) atoms. The van der Waals surface area contributed by atoms with Crippen molar-refractivity contribution in [2.75, 3.05) is 33.5 Å². The minimum Gasteiger partial charge on any atom is -0.495 e. The molecule has 0 fully saturated rings. The molecule has 0 atom stereocenters. The number of sulfone groups is 1. The summed E-state index contributed by atoms with van der Waals surface area (Å²) < 4.78 is 71.0. The molecule has 3 rings (SSSR count). The van der Waals surface area contributed by atoms with Crippen LogP contribution in [0.3, 0.4) is 0 Å². The summed E-state index contributed by atoms with van der Waals surface area (Å²) in [5.41, 5.74) is -0.683. The Morgan fingerprint density at radius 2 is 1.72 bits per heavy atom. The summed E-state index contributed by atoms with van der Waals surface area (Å²) >= 11 is 6.13. The second-order valence-corrected chi connectivity index (χ2v) is 9.83. The van der Waals surface area contributed by atoms with Gasteiger partial charge in [-0.05, 0) is 43.9 Å². The smallest absolute Gasteiger partial charge is 0.433 e. The van der Waals surface area contributed by atoms with E-state index in [1.54, 1.807) is 19.0 Å². The summed E-state index contributed by atoms with van der Waals surface area (Å²) in [4.78, 5) is 1.84. The third kappa shape index (κ3) is 5.08. The number of methoxy groups -OCH3 is 1. The number of benzene rings is 2. The molecule has 0 unspecified atom stereocenters. The average molecular weight is 488 g/mol. The van der Waals surface area contributed by atoms with Gasteiger partial charge >= 0.3 is 6.18 Å². The lowest BCUT2D eigenvalue weighted by atomic mass is 9.98. The second kappa shape index (κ2) is 9.13. The Bertz CT molecular complexity index is 1210. The third-order valence-corrected chi connectivity index (χ3v) is 6.79. The summed E-state index contributed by atoms with van der Waals surface area (Å²) in [5, 5.41) is 6.09. The predicted octanol–water partition coefficient (Wildman–Crippen LogP) is 4.76. The van der Waals surface area contributed by atoms with Crippen molar-refractivity contribution < 1.29 is 26.3 Å². The molecule has 0 aliphatic carbocycles. The summed E-state index contributed by atoms with van der Waals surface area (Å²) in [5.74, 6) is 0.247. The maximum absolute atomic E-state index is 13.7. The van der Waals surface area contributed by atoms with Crippen molar-refractivity contribution >= 4 is 21.4 Å². The highest BCUT2D eigenvalue weighted by molar-refractivity contribution is 7.91. The van der Waals surface area contributed by atoms with E-state index in [1.165, 1.54) is 49.6 Å². The molecule has 1 aromatic heterocycles. The second-order valence-electron chi connectivity index (χ2n) is 7.32. The molecule has 0 spiro atoms. The number of nitrogens with zero attached hydrogens (tertiary/aromatic N) is 2. The van der Waals surface area contributed by atoms with Gasteiger partial charge in [0, 0.05) is 17.7 Å². The third-order valence-electron chi connectivity index (χ3n) is 4.78. The molecule has 0 aliphatic rings. The molecule has 3 aromatic rings. The average Bonchev–Trinajstić information content (AvgIpc) is 3.18. The zero-order chi connectivity index (χ0) is 23.7. The van der Waals surface area contributed by atoms with Gasteiger partial charge in [0.1, 0.15) is 17.1 Å². The van der Waals surface area contributed by atoms with Gasteiger partial charge in [-0.2, -0.15) is 18.3 Å². The van der Waals surface area contributed by atoms with E-state index in [0.29, 0.717) is 17.9 Å². The van der Waals surface area contributed by atoms with E-state index in [1.807, 2.05) is 0 Å². The van der Waals surface area contributed by atoms with Crippen LogP contribution in [-0.4, -0.2) is 57.0 Å². The van der Waals surface area contributed by atoms with Crippen LogP contribution >= 0.6 is 11.6 Å². The van der Waals surface area contributed by atoms with Crippen molar-refractivity contribution in [1.82, 2.24) is 15.1 Å². The number of rotatable bonds is 7. The molecule has 0 saturated heterocycles. The fraction of sp³-hybridized carbons (Fsp3) is 0.286. The molecule has 172 valence electrons. The molecule has 1 heterocycles. The van der Waals surface area contributed by atoms with E-state index in [4.69, 9.17) is 16.3 Å². The maximum atomic E-state index is 13.7. The molecule has 0 bridgehead atoms. The lowest BCUT2D eigenvalue weighted by Crippen LogP contribution is -2.21. The number of H-pyrrole nitrogens is 1. The van der Waals surface area contributed by atoms with E-state index < -0.39 is 21.7 Å². The van der Waals surface area contributed by atoms with Crippen molar-refractivity contribution in [3.05, 3.63) is 53.2 Å². The molecule has 11 heteroatoms. The highest BCUT2D eigenvalue weighted by Crippen LogP contribution is 2.42. The van der Waals surface area contributed by atoms with E-state index in [-0.39, 0.29) is 32.5 Å². The van der Waals surface area contributed by atoms with Crippen LogP contribution in [0.1, 0.15) is 5.69 Å². The van der Waals surface area contributed by atoms with E-state index >= 15 is 0 Å². The van der Waals surface area contributed by atoms with Gasteiger partial charge in [-0.15, -0.1) is 0 Å². The van der Waals surface area contributed by atoms with E-state index in [2.05, 4.69) is 10.2 Å². The minimum atomic E-state index is -4.69. The quantitative estimate of drug-likeness (QED) is 0.520. The summed E-state index contributed by atoms with van der Waals surface area (Å²) in [6, 6.07) is 9.90. The van der Waals surface area contributed by atoms with Gasteiger partial charge in [0.15, 0.2) is 9.84 Å². The number of hydrogen-bond acceptors (Lipinski definition) is 5. The van der Waals surface area contributed by atoms with E-state index in [0.717, 1.165) is 0 Å². The highest BCUT2D eigenvalue weighted by Gasteiger charge is 2.38. The number of alkyl halides is 3. The van der Waals surface area contributed by atoms with Gasteiger partial charge in [0.25, 0.3) is 0 Å². The van der Waals surface area contributed by atoms with Crippen LogP contribution in [0.5, 0.6) is 5.75 Å². The van der Waals surface area contributed by atoms with Crippen LogP contribution in [-0.2, 0) is 16.0 Å². The topological polar surface area (TPSA) is 75.3 Å². The van der Waals surface area contributed by atoms with Crippen LogP contribution < -0.4 is 4.74 Å². The normalized spacial score (nSPS) is 12.4. The summed E-state index contributed by atoms with van der Waals surface area (Å²) in [6.45, 7) is 0.348. The first-order valence-corrected chi connectivity index (χ1v) is 11.4. The number of ether oxygens (including phenoxy) is 1. The van der Waals surface area contributed by atoms with Crippen LogP contribution in [0, 0.1) is 0 Å². The van der Waals surface area contributed by atoms with Crippen LogP contribution in [0.25, 0.3) is 22.4 Å². The van der Waals surface area contributed by atoms with Crippen molar-refractivity contribution in [2.24, 2.45) is 0 Å². The van der Waals surface area contributed by atoms with Gasteiger partial charge in [0.2, 0.25) is 0 Å². The highest BCUT2D eigenvalue weighted by atomic mass is 35.5. The molecule has 0 amide bonds. The van der Waals surface area contributed by atoms with Gasteiger partial charge in [-0.1, -0.05) is 29.8 Å². The van der Waals surface area contributed by atoms with Gasteiger partial charge in [0.05, 0.1) is 22.8 Å². The first kappa shape index (κ1) is 24.1. The molecular formula is C21H21ClF3N3O3S. The summed E-state index contributed by atoms with van der Waals surface area (Å²) in [7, 11) is 1.40. The van der Waals surface area contributed by atoms with Crippen LogP contribution in [0.15, 0.2) is 47.4 Å². The number of hydrogen-bond donors (Lipinski definition) is 1. The fourth-order valence-electron chi connectivity index (χ4n) is 3.10. The number of aromatic amines is 1. The van der Waals surface area contributed by atoms with Crippen molar-refractivity contribution in [2.45, 2.75) is 11.1 Å². The Morgan fingerprint density at radius 1 is 1.09 bits per heavy atom. The molecule has 0 saturated carbocycles. The minimum absolute atomic E-state index is 0.0239.